The van der Waals surface area contributed by atoms with E-state index in [2.05, 4.69) is 23.5 Å². The number of fused-ring (bicyclic) bond motifs is 1. The summed E-state index contributed by atoms with van der Waals surface area (Å²) in [7, 11) is 1.75. The largest absolute Gasteiger partial charge is 0.491 e. The Morgan fingerprint density at radius 1 is 1.11 bits per heavy atom. The highest BCUT2D eigenvalue weighted by molar-refractivity contribution is 6.30. The molecule has 1 atom stereocenters. The number of benzene rings is 2. The Morgan fingerprint density at radius 3 is 2.75 bits per heavy atom. The lowest BCUT2D eigenvalue weighted by atomic mass is 10.1. The van der Waals surface area contributed by atoms with Crippen LogP contribution in [0.25, 0.3) is 0 Å². The highest BCUT2D eigenvalue weighted by Crippen LogP contribution is 2.36. The fraction of sp³-hybridized carbons (Fsp3) is 0.455. The van der Waals surface area contributed by atoms with Gasteiger partial charge in [0.1, 0.15) is 19.4 Å². The molecule has 150 valence electrons. The van der Waals surface area contributed by atoms with Gasteiger partial charge in [-0.15, -0.1) is 0 Å². The number of para-hydroxylation sites is 2. The third-order valence-electron chi connectivity index (χ3n) is 5.68. The summed E-state index contributed by atoms with van der Waals surface area (Å²) in [4.78, 5) is 0. The average Bonchev–Trinajstić information content (AvgIpc) is 2.74. The second-order valence-corrected chi connectivity index (χ2v) is 8.02. The van der Waals surface area contributed by atoms with E-state index in [1.54, 1.807) is 7.11 Å². The molecule has 0 saturated carbocycles. The Hall–Kier alpha value is -1.95. The SMILES string of the molecule is COc1ccccc1[N+]1(CNC[C@H]2COc3ccc(Cl)cc3O2)CCCCC1. The standard InChI is InChI=1S/C22H28ClN2O3/c1-26-20-8-4-3-7-19(20)25(11-5-2-6-12-25)16-24-14-18-15-27-21-10-9-17(23)13-22(21)28-18/h3-4,7-10,13,18,24H,2,5-6,11-12,14-16H2,1H3/q+1/t18-/m0/s1. The number of hydrogen-bond donors (Lipinski definition) is 1. The molecule has 2 aliphatic rings. The first-order valence-corrected chi connectivity index (χ1v) is 10.4. The molecular weight excluding hydrogens is 376 g/mol. The predicted octanol–water partition coefficient (Wildman–Crippen LogP) is 4.23. The van der Waals surface area contributed by atoms with Crippen molar-refractivity contribution in [3.8, 4) is 17.2 Å². The molecule has 5 nitrogen and oxygen atoms in total. The number of piperidine rings is 1. The number of rotatable bonds is 6. The van der Waals surface area contributed by atoms with Crippen molar-refractivity contribution < 1.29 is 14.2 Å². The second kappa shape index (κ2) is 8.60. The number of halogens is 1. The van der Waals surface area contributed by atoms with Crippen LogP contribution in [0.4, 0.5) is 5.69 Å². The highest BCUT2D eigenvalue weighted by atomic mass is 35.5. The summed E-state index contributed by atoms with van der Waals surface area (Å²) in [5.41, 5.74) is 1.26. The number of nitrogens with zero attached hydrogens (tertiary/aromatic N) is 1. The topological polar surface area (TPSA) is 39.7 Å². The van der Waals surface area contributed by atoms with Gasteiger partial charge in [-0.05, 0) is 37.5 Å². The molecule has 4 rings (SSSR count). The number of quaternary nitrogens is 1. The molecule has 6 heteroatoms. The smallest absolute Gasteiger partial charge is 0.179 e. The molecule has 0 bridgehead atoms. The summed E-state index contributed by atoms with van der Waals surface area (Å²) in [6, 6.07) is 13.9. The van der Waals surface area contributed by atoms with E-state index < -0.39 is 0 Å². The van der Waals surface area contributed by atoms with Crippen molar-refractivity contribution in [2.45, 2.75) is 25.4 Å². The van der Waals surface area contributed by atoms with Gasteiger partial charge in [0, 0.05) is 23.7 Å². The van der Waals surface area contributed by atoms with Crippen LogP contribution in [0.5, 0.6) is 17.2 Å². The number of hydrogen-bond acceptors (Lipinski definition) is 4. The van der Waals surface area contributed by atoms with Gasteiger partial charge in [-0.25, -0.2) is 0 Å². The molecule has 0 aromatic heterocycles. The Labute approximate surface area is 171 Å². The summed E-state index contributed by atoms with van der Waals surface area (Å²) >= 11 is 6.08. The zero-order valence-corrected chi connectivity index (χ0v) is 17.1. The second-order valence-electron chi connectivity index (χ2n) is 7.58. The van der Waals surface area contributed by atoms with E-state index in [4.69, 9.17) is 25.8 Å². The zero-order chi connectivity index (χ0) is 19.4. The lowest BCUT2D eigenvalue weighted by molar-refractivity contribution is 0.0853. The third kappa shape index (κ3) is 4.07. The molecule has 0 unspecified atom stereocenters. The maximum Gasteiger partial charge on any atom is 0.179 e. The van der Waals surface area contributed by atoms with Gasteiger partial charge in [-0.3, -0.25) is 9.80 Å². The average molecular weight is 404 g/mol. The van der Waals surface area contributed by atoms with Gasteiger partial charge in [0.2, 0.25) is 0 Å². The van der Waals surface area contributed by atoms with Gasteiger partial charge in [0.05, 0.1) is 20.2 Å². The third-order valence-corrected chi connectivity index (χ3v) is 5.91. The molecule has 0 spiro atoms. The predicted molar refractivity (Wildman–Crippen MR) is 113 cm³/mol. The first-order valence-electron chi connectivity index (χ1n) is 10.00. The van der Waals surface area contributed by atoms with Crippen LogP contribution < -0.4 is 24.0 Å². The lowest BCUT2D eigenvalue weighted by Crippen LogP contribution is -2.58. The maximum absolute atomic E-state index is 6.08. The van der Waals surface area contributed by atoms with Crippen LogP contribution in [0, 0.1) is 0 Å². The molecular formula is C22H28ClN2O3+. The Balaban J connectivity index is 1.43. The normalized spacial score (nSPS) is 20.6. The molecule has 1 fully saturated rings. The van der Waals surface area contributed by atoms with Crippen LogP contribution >= 0.6 is 11.6 Å². The zero-order valence-electron chi connectivity index (χ0n) is 16.3. The minimum absolute atomic E-state index is 0.0338. The number of methoxy groups -OCH3 is 1. The number of nitrogens with one attached hydrogen (secondary N) is 1. The summed E-state index contributed by atoms with van der Waals surface area (Å²) in [6.07, 6.45) is 3.73. The molecule has 0 amide bonds. The van der Waals surface area contributed by atoms with Crippen molar-refractivity contribution in [2.24, 2.45) is 0 Å². The van der Waals surface area contributed by atoms with Gasteiger partial charge in [0.15, 0.2) is 22.9 Å². The minimum Gasteiger partial charge on any atom is -0.491 e. The van der Waals surface area contributed by atoms with E-state index >= 15 is 0 Å². The van der Waals surface area contributed by atoms with Crippen LogP contribution in [0.15, 0.2) is 42.5 Å². The van der Waals surface area contributed by atoms with Gasteiger partial charge >= 0.3 is 0 Å². The van der Waals surface area contributed by atoms with Crippen molar-refractivity contribution in [3.63, 3.8) is 0 Å². The van der Waals surface area contributed by atoms with Crippen molar-refractivity contribution >= 4 is 17.3 Å². The Kier molecular flexibility index (Phi) is 5.95. The molecule has 0 radical (unpaired) electrons. The minimum atomic E-state index is -0.0338. The van der Waals surface area contributed by atoms with Crippen molar-refractivity contribution in [1.29, 1.82) is 0 Å². The fourth-order valence-electron chi connectivity index (χ4n) is 4.25. The fourth-order valence-corrected chi connectivity index (χ4v) is 4.42. The van der Waals surface area contributed by atoms with E-state index in [1.807, 2.05) is 24.3 Å². The molecule has 1 N–H and O–H groups in total. The molecule has 1 saturated heterocycles. The molecule has 0 aliphatic carbocycles. The molecule has 2 aromatic carbocycles. The highest BCUT2D eigenvalue weighted by Gasteiger charge is 2.35. The Morgan fingerprint density at radius 2 is 1.93 bits per heavy atom. The molecule has 2 aromatic rings. The summed E-state index contributed by atoms with van der Waals surface area (Å²) in [5, 5.41) is 4.30. The van der Waals surface area contributed by atoms with Crippen molar-refractivity contribution in [3.05, 3.63) is 47.5 Å². The van der Waals surface area contributed by atoms with Crippen LogP contribution in [0.2, 0.25) is 5.02 Å². The summed E-state index contributed by atoms with van der Waals surface area (Å²) in [6.45, 7) is 4.35. The monoisotopic (exact) mass is 403 g/mol. The summed E-state index contributed by atoms with van der Waals surface area (Å²) < 4.78 is 18.5. The van der Waals surface area contributed by atoms with E-state index in [-0.39, 0.29) is 6.10 Å². The molecule has 2 heterocycles. The lowest BCUT2D eigenvalue weighted by Gasteiger charge is -2.42. The van der Waals surface area contributed by atoms with Gasteiger partial charge in [-0.2, -0.15) is 0 Å². The molecule has 28 heavy (non-hydrogen) atoms. The van der Waals surface area contributed by atoms with E-state index in [1.165, 1.54) is 24.9 Å². The van der Waals surface area contributed by atoms with E-state index in [0.29, 0.717) is 11.6 Å². The van der Waals surface area contributed by atoms with Crippen LogP contribution in [0.3, 0.4) is 0 Å². The quantitative estimate of drug-likeness (QED) is 0.733. The molecule has 2 aliphatic heterocycles. The van der Waals surface area contributed by atoms with Crippen molar-refractivity contribution in [2.75, 3.05) is 40.0 Å². The van der Waals surface area contributed by atoms with Gasteiger partial charge < -0.3 is 14.2 Å². The number of ether oxygens (including phenoxy) is 3. The Bertz CT molecular complexity index is 808. The van der Waals surface area contributed by atoms with E-state index in [9.17, 15) is 0 Å². The van der Waals surface area contributed by atoms with Gasteiger partial charge in [-0.1, -0.05) is 23.7 Å². The summed E-state index contributed by atoms with van der Waals surface area (Å²) in [5.74, 6) is 2.44. The van der Waals surface area contributed by atoms with Crippen LogP contribution in [0.1, 0.15) is 19.3 Å². The van der Waals surface area contributed by atoms with Crippen LogP contribution in [-0.4, -0.2) is 46.1 Å². The van der Waals surface area contributed by atoms with Crippen LogP contribution in [-0.2, 0) is 0 Å². The first kappa shape index (κ1) is 19.4. The van der Waals surface area contributed by atoms with Crippen molar-refractivity contribution in [1.82, 2.24) is 9.80 Å². The van der Waals surface area contributed by atoms with Gasteiger partial charge in [0.25, 0.3) is 0 Å². The van der Waals surface area contributed by atoms with E-state index in [0.717, 1.165) is 48.0 Å². The first-order chi connectivity index (χ1) is 13.7. The maximum atomic E-state index is 6.08. The number of likely N-dealkylation sites (tertiary alicyclic amines) is 1.